The fourth-order valence-electron chi connectivity index (χ4n) is 1.19. The first-order chi connectivity index (χ1) is 6.35. The topological polar surface area (TPSA) is 23.5 Å². The lowest BCUT2D eigenvalue weighted by atomic mass is 10.2. The molecule has 1 N–H and O–H groups in total. The molecule has 0 aromatic rings. The fourth-order valence-corrected chi connectivity index (χ4v) is 1.19. The monoisotopic (exact) mass is 213 g/mol. The third-order valence-electron chi connectivity index (χ3n) is 1.92. The molecule has 86 valence electrons. The summed E-state index contributed by atoms with van der Waals surface area (Å²) in [6.45, 7) is 2.19. The van der Waals surface area contributed by atoms with Gasteiger partial charge in [0.05, 0.1) is 12.5 Å². The van der Waals surface area contributed by atoms with E-state index in [1.54, 1.807) is 7.05 Å². The van der Waals surface area contributed by atoms with Crippen molar-refractivity contribution >= 4 is 0 Å². The Kier molecular flexibility index (Phi) is 6.11. The molecular formula is C9H18F3NO. The summed E-state index contributed by atoms with van der Waals surface area (Å²) in [5, 5.41) is 9.33. The largest absolute Gasteiger partial charge is 0.392 e. The van der Waals surface area contributed by atoms with Crippen LogP contribution in [0.1, 0.15) is 26.2 Å². The fraction of sp³-hybridized carbons (Fsp3) is 1.00. The van der Waals surface area contributed by atoms with Crippen LogP contribution >= 0.6 is 0 Å². The normalized spacial score (nSPS) is 14.8. The van der Waals surface area contributed by atoms with Crippen LogP contribution in [0.5, 0.6) is 0 Å². The van der Waals surface area contributed by atoms with E-state index in [4.69, 9.17) is 0 Å². The molecule has 0 fully saturated rings. The highest BCUT2D eigenvalue weighted by Crippen LogP contribution is 2.19. The summed E-state index contributed by atoms with van der Waals surface area (Å²) in [5.74, 6) is 0. The van der Waals surface area contributed by atoms with Crippen molar-refractivity contribution < 1.29 is 18.3 Å². The maximum Gasteiger partial charge on any atom is 0.390 e. The van der Waals surface area contributed by atoms with E-state index < -0.39 is 18.7 Å². The molecule has 0 rings (SSSR count). The smallest absolute Gasteiger partial charge is 0.390 e. The maximum absolute atomic E-state index is 11.8. The van der Waals surface area contributed by atoms with Crippen LogP contribution in [-0.2, 0) is 0 Å². The number of aliphatic hydroxyl groups is 1. The number of rotatable bonds is 6. The van der Waals surface area contributed by atoms with Gasteiger partial charge in [0.2, 0.25) is 0 Å². The quantitative estimate of drug-likeness (QED) is 0.729. The molecule has 0 amide bonds. The van der Waals surface area contributed by atoms with Crippen LogP contribution in [0.15, 0.2) is 0 Å². The Morgan fingerprint density at radius 1 is 1.36 bits per heavy atom. The summed E-state index contributed by atoms with van der Waals surface area (Å²) in [6.07, 6.45) is -3.96. The lowest BCUT2D eigenvalue weighted by molar-refractivity contribution is -0.137. The molecule has 0 saturated carbocycles. The maximum atomic E-state index is 11.8. The van der Waals surface area contributed by atoms with Gasteiger partial charge >= 0.3 is 6.18 Å². The third kappa shape index (κ3) is 8.31. The summed E-state index contributed by atoms with van der Waals surface area (Å²) in [5.41, 5.74) is 0. The second kappa shape index (κ2) is 6.24. The molecule has 0 aliphatic carbocycles. The van der Waals surface area contributed by atoms with Crippen LogP contribution in [0.4, 0.5) is 13.2 Å². The molecule has 2 nitrogen and oxygen atoms in total. The van der Waals surface area contributed by atoms with Crippen LogP contribution in [0.2, 0.25) is 0 Å². The second-order valence-electron chi connectivity index (χ2n) is 3.57. The van der Waals surface area contributed by atoms with Crippen molar-refractivity contribution in [2.24, 2.45) is 0 Å². The van der Waals surface area contributed by atoms with E-state index in [1.807, 2.05) is 6.92 Å². The molecule has 0 heterocycles. The van der Waals surface area contributed by atoms with E-state index in [0.717, 1.165) is 6.42 Å². The van der Waals surface area contributed by atoms with Gasteiger partial charge in [-0.05, 0) is 13.5 Å². The van der Waals surface area contributed by atoms with E-state index in [9.17, 15) is 18.3 Å². The Morgan fingerprint density at radius 2 is 1.93 bits per heavy atom. The average molecular weight is 213 g/mol. The SMILES string of the molecule is CCCC(O)CN(C)CCC(F)(F)F. The van der Waals surface area contributed by atoms with Crippen molar-refractivity contribution in [3.63, 3.8) is 0 Å². The zero-order valence-corrected chi connectivity index (χ0v) is 8.64. The number of alkyl halides is 3. The summed E-state index contributed by atoms with van der Waals surface area (Å²) in [7, 11) is 1.59. The van der Waals surface area contributed by atoms with Crippen LogP contribution in [-0.4, -0.2) is 42.4 Å². The first kappa shape index (κ1) is 13.7. The highest BCUT2D eigenvalue weighted by molar-refractivity contribution is 4.62. The van der Waals surface area contributed by atoms with Crippen molar-refractivity contribution in [3.8, 4) is 0 Å². The predicted octanol–water partition coefficient (Wildman–Crippen LogP) is 2.03. The van der Waals surface area contributed by atoms with E-state index >= 15 is 0 Å². The Hall–Kier alpha value is -0.290. The molecule has 0 aromatic heterocycles. The van der Waals surface area contributed by atoms with Crippen LogP contribution in [0, 0.1) is 0 Å². The lowest BCUT2D eigenvalue weighted by Gasteiger charge is -2.20. The molecule has 0 radical (unpaired) electrons. The minimum atomic E-state index is -4.11. The number of halogens is 3. The summed E-state index contributed by atoms with van der Waals surface area (Å²) < 4.78 is 35.4. The first-order valence-corrected chi connectivity index (χ1v) is 4.78. The molecular weight excluding hydrogens is 195 g/mol. The number of nitrogens with zero attached hydrogens (tertiary/aromatic N) is 1. The van der Waals surface area contributed by atoms with Gasteiger partial charge in [-0.2, -0.15) is 13.2 Å². The van der Waals surface area contributed by atoms with Gasteiger partial charge < -0.3 is 10.0 Å². The highest BCUT2D eigenvalue weighted by atomic mass is 19.4. The van der Waals surface area contributed by atoms with Crippen molar-refractivity contribution in [3.05, 3.63) is 0 Å². The number of hydrogen-bond donors (Lipinski definition) is 1. The van der Waals surface area contributed by atoms with Crippen LogP contribution in [0.25, 0.3) is 0 Å². The Bertz CT molecular complexity index is 149. The van der Waals surface area contributed by atoms with Gasteiger partial charge in [-0.25, -0.2) is 0 Å². The summed E-state index contributed by atoms with van der Waals surface area (Å²) in [4.78, 5) is 1.51. The molecule has 0 aliphatic heterocycles. The van der Waals surface area contributed by atoms with Gasteiger partial charge in [-0.1, -0.05) is 13.3 Å². The molecule has 0 spiro atoms. The minimum Gasteiger partial charge on any atom is -0.392 e. The molecule has 1 unspecified atom stereocenters. The Labute approximate surface area is 82.7 Å². The van der Waals surface area contributed by atoms with Crippen LogP contribution in [0.3, 0.4) is 0 Å². The lowest BCUT2D eigenvalue weighted by Crippen LogP contribution is -2.31. The molecule has 5 heteroatoms. The predicted molar refractivity (Wildman–Crippen MR) is 49.1 cm³/mol. The van der Waals surface area contributed by atoms with Gasteiger partial charge in [0, 0.05) is 13.1 Å². The van der Waals surface area contributed by atoms with Gasteiger partial charge in [0.15, 0.2) is 0 Å². The summed E-state index contributed by atoms with van der Waals surface area (Å²) >= 11 is 0. The molecule has 0 aromatic carbocycles. The second-order valence-corrected chi connectivity index (χ2v) is 3.57. The first-order valence-electron chi connectivity index (χ1n) is 4.78. The van der Waals surface area contributed by atoms with Gasteiger partial charge in [-0.15, -0.1) is 0 Å². The van der Waals surface area contributed by atoms with Crippen molar-refractivity contribution in [1.82, 2.24) is 4.90 Å². The molecule has 14 heavy (non-hydrogen) atoms. The van der Waals surface area contributed by atoms with Gasteiger partial charge in [0.25, 0.3) is 0 Å². The Balaban J connectivity index is 3.59. The number of aliphatic hydroxyl groups excluding tert-OH is 1. The van der Waals surface area contributed by atoms with E-state index in [1.165, 1.54) is 4.90 Å². The molecule has 0 saturated heterocycles. The standard InChI is InChI=1S/C9H18F3NO/c1-3-4-8(14)7-13(2)6-5-9(10,11)12/h8,14H,3-7H2,1-2H3. The van der Waals surface area contributed by atoms with E-state index in [-0.39, 0.29) is 6.54 Å². The van der Waals surface area contributed by atoms with Gasteiger partial charge in [0.1, 0.15) is 0 Å². The highest BCUT2D eigenvalue weighted by Gasteiger charge is 2.27. The summed E-state index contributed by atoms with van der Waals surface area (Å²) in [6, 6.07) is 0. The van der Waals surface area contributed by atoms with E-state index in [0.29, 0.717) is 13.0 Å². The average Bonchev–Trinajstić information content (AvgIpc) is 2.00. The minimum absolute atomic E-state index is 0.0513. The van der Waals surface area contributed by atoms with Crippen LogP contribution < -0.4 is 0 Å². The number of hydrogen-bond acceptors (Lipinski definition) is 2. The zero-order valence-electron chi connectivity index (χ0n) is 8.64. The van der Waals surface area contributed by atoms with Crippen molar-refractivity contribution in [2.75, 3.05) is 20.1 Å². The zero-order chi connectivity index (χ0) is 11.2. The molecule has 1 atom stereocenters. The molecule has 0 aliphatic rings. The number of likely N-dealkylation sites (N-methyl/N-ethyl adjacent to an activating group) is 1. The third-order valence-corrected chi connectivity index (χ3v) is 1.92. The Morgan fingerprint density at radius 3 is 2.36 bits per heavy atom. The van der Waals surface area contributed by atoms with E-state index in [2.05, 4.69) is 0 Å². The molecule has 0 bridgehead atoms. The van der Waals surface area contributed by atoms with Crippen molar-refractivity contribution in [1.29, 1.82) is 0 Å². The van der Waals surface area contributed by atoms with Crippen molar-refractivity contribution in [2.45, 2.75) is 38.5 Å². The van der Waals surface area contributed by atoms with Gasteiger partial charge in [-0.3, -0.25) is 0 Å².